The van der Waals surface area contributed by atoms with Crippen LogP contribution < -0.4 is 0 Å². The Morgan fingerprint density at radius 2 is 1.92 bits per heavy atom. The number of aromatic nitrogens is 5. The third-order valence-corrected chi connectivity index (χ3v) is 4.41. The molecule has 4 aromatic rings. The first-order valence-electron chi connectivity index (χ1n) is 7.48. The molecule has 0 N–H and O–H groups in total. The van der Waals surface area contributed by atoms with E-state index in [4.69, 9.17) is 4.52 Å². The van der Waals surface area contributed by atoms with E-state index in [-0.39, 0.29) is 5.82 Å². The van der Waals surface area contributed by atoms with Crippen molar-refractivity contribution in [2.75, 3.05) is 0 Å². The van der Waals surface area contributed by atoms with Crippen LogP contribution in [-0.2, 0) is 5.75 Å². The largest absolute Gasteiger partial charge is 0.356 e. The fraction of sp³-hybridized carbons (Fsp3) is 0.0588. The average molecular weight is 353 g/mol. The van der Waals surface area contributed by atoms with E-state index in [1.165, 1.54) is 28.6 Å². The van der Waals surface area contributed by atoms with Crippen molar-refractivity contribution in [3.05, 3.63) is 72.2 Å². The monoisotopic (exact) mass is 353 g/mol. The first-order valence-corrected chi connectivity index (χ1v) is 8.46. The van der Waals surface area contributed by atoms with E-state index in [1.807, 2.05) is 36.4 Å². The number of hydrogen-bond acceptors (Lipinski definition) is 6. The van der Waals surface area contributed by atoms with Crippen molar-refractivity contribution in [2.45, 2.75) is 10.9 Å². The summed E-state index contributed by atoms with van der Waals surface area (Å²) in [5, 5.41) is 16.2. The van der Waals surface area contributed by atoms with Gasteiger partial charge in [0.15, 0.2) is 5.76 Å². The molecule has 2 aromatic carbocycles. The molecule has 0 unspecified atom stereocenters. The molecule has 0 spiro atoms. The lowest BCUT2D eigenvalue weighted by Crippen LogP contribution is -1.99. The number of benzene rings is 2. The second kappa shape index (κ2) is 6.86. The third kappa shape index (κ3) is 3.43. The molecular weight excluding hydrogens is 341 g/mol. The van der Waals surface area contributed by atoms with Gasteiger partial charge in [0.2, 0.25) is 5.16 Å². The predicted molar refractivity (Wildman–Crippen MR) is 90.6 cm³/mol. The van der Waals surface area contributed by atoms with Crippen LogP contribution in [0.1, 0.15) is 5.69 Å². The Morgan fingerprint density at radius 3 is 2.76 bits per heavy atom. The van der Waals surface area contributed by atoms with E-state index in [9.17, 15) is 4.39 Å². The summed E-state index contributed by atoms with van der Waals surface area (Å²) < 4.78 is 20.3. The van der Waals surface area contributed by atoms with Gasteiger partial charge < -0.3 is 4.52 Å². The lowest BCUT2D eigenvalue weighted by Gasteiger charge is -2.03. The van der Waals surface area contributed by atoms with Gasteiger partial charge in [0.1, 0.15) is 5.82 Å². The minimum absolute atomic E-state index is 0.340. The van der Waals surface area contributed by atoms with E-state index in [1.54, 1.807) is 12.1 Å². The quantitative estimate of drug-likeness (QED) is 0.509. The minimum atomic E-state index is -0.340. The molecule has 0 aliphatic carbocycles. The molecule has 0 radical (unpaired) electrons. The Labute approximate surface area is 146 Å². The van der Waals surface area contributed by atoms with E-state index >= 15 is 0 Å². The summed E-state index contributed by atoms with van der Waals surface area (Å²) in [7, 11) is 0. The van der Waals surface area contributed by atoms with Gasteiger partial charge in [0, 0.05) is 17.4 Å². The molecule has 0 saturated heterocycles. The molecule has 0 atom stereocenters. The molecule has 4 rings (SSSR count). The summed E-state index contributed by atoms with van der Waals surface area (Å²) in [6.07, 6.45) is 0. The standard InChI is InChI=1S/C17H12FN5OS/c18-13-7-4-8-15(9-13)23-17(19-21-22-23)25-11-14-10-16(24-20-14)12-5-2-1-3-6-12/h1-10H,11H2. The van der Waals surface area contributed by atoms with Gasteiger partial charge in [-0.3, -0.25) is 0 Å². The lowest BCUT2D eigenvalue weighted by molar-refractivity contribution is 0.426. The SMILES string of the molecule is Fc1cccc(-n2nnnc2SCc2cc(-c3ccccc3)on2)c1. The van der Waals surface area contributed by atoms with Crippen molar-refractivity contribution in [2.24, 2.45) is 0 Å². The van der Waals surface area contributed by atoms with Crippen LogP contribution >= 0.6 is 11.8 Å². The second-order valence-corrected chi connectivity index (χ2v) is 6.13. The zero-order chi connectivity index (χ0) is 17.1. The Bertz CT molecular complexity index is 985. The number of rotatable bonds is 5. The minimum Gasteiger partial charge on any atom is -0.356 e. The Balaban J connectivity index is 1.50. The van der Waals surface area contributed by atoms with Crippen LogP contribution in [0.15, 0.2) is 70.3 Å². The molecular formula is C17H12FN5OS. The van der Waals surface area contributed by atoms with Crippen molar-refractivity contribution < 1.29 is 8.91 Å². The number of hydrogen-bond donors (Lipinski definition) is 0. The molecule has 8 heteroatoms. The molecule has 124 valence electrons. The summed E-state index contributed by atoms with van der Waals surface area (Å²) >= 11 is 1.40. The number of tetrazole rings is 1. The maximum Gasteiger partial charge on any atom is 0.214 e. The van der Waals surface area contributed by atoms with Crippen LogP contribution in [0, 0.1) is 5.82 Å². The first-order chi connectivity index (χ1) is 12.3. The molecule has 0 saturated carbocycles. The van der Waals surface area contributed by atoms with Gasteiger partial charge in [0.05, 0.1) is 11.4 Å². The summed E-state index contributed by atoms with van der Waals surface area (Å²) in [6, 6.07) is 17.8. The van der Waals surface area contributed by atoms with Crippen molar-refractivity contribution >= 4 is 11.8 Å². The van der Waals surface area contributed by atoms with Gasteiger partial charge in [-0.15, -0.1) is 5.10 Å². The molecule has 0 fully saturated rings. The van der Waals surface area contributed by atoms with Gasteiger partial charge in [-0.25, -0.2) is 4.39 Å². The molecule has 2 heterocycles. The van der Waals surface area contributed by atoms with E-state index < -0.39 is 0 Å². The zero-order valence-corrected chi connectivity index (χ0v) is 13.7. The van der Waals surface area contributed by atoms with E-state index in [2.05, 4.69) is 20.7 Å². The average Bonchev–Trinajstić information content (AvgIpc) is 3.30. The normalized spacial score (nSPS) is 10.9. The van der Waals surface area contributed by atoms with E-state index in [0.29, 0.717) is 22.4 Å². The van der Waals surface area contributed by atoms with Crippen LogP contribution in [0.3, 0.4) is 0 Å². The maximum atomic E-state index is 13.4. The van der Waals surface area contributed by atoms with Crippen LogP contribution in [0.5, 0.6) is 0 Å². The highest BCUT2D eigenvalue weighted by molar-refractivity contribution is 7.98. The van der Waals surface area contributed by atoms with Crippen molar-refractivity contribution in [3.8, 4) is 17.0 Å². The summed E-state index contributed by atoms with van der Waals surface area (Å²) in [5.74, 6) is 0.903. The molecule has 0 amide bonds. The highest BCUT2D eigenvalue weighted by Gasteiger charge is 2.12. The summed E-state index contributed by atoms with van der Waals surface area (Å²) in [4.78, 5) is 0. The molecule has 0 aliphatic heterocycles. The fourth-order valence-electron chi connectivity index (χ4n) is 2.30. The predicted octanol–water partition coefficient (Wildman–Crippen LogP) is 3.75. The van der Waals surface area contributed by atoms with Gasteiger partial charge in [-0.1, -0.05) is 53.3 Å². The molecule has 2 aromatic heterocycles. The van der Waals surface area contributed by atoms with Gasteiger partial charge in [-0.2, -0.15) is 4.68 Å². The molecule has 0 bridgehead atoms. The van der Waals surface area contributed by atoms with Gasteiger partial charge in [0.25, 0.3) is 0 Å². The van der Waals surface area contributed by atoms with Crippen molar-refractivity contribution in [1.29, 1.82) is 0 Å². The Hall–Kier alpha value is -3.00. The number of thioether (sulfide) groups is 1. The third-order valence-electron chi connectivity index (χ3n) is 3.46. The van der Waals surface area contributed by atoms with Crippen molar-refractivity contribution in [1.82, 2.24) is 25.4 Å². The Morgan fingerprint density at radius 1 is 1.04 bits per heavy atom. The van der Waals surface area contributed by atoms with Crippen molar-refractivity contribution in [3.63, 3.8) is 0 Å². The first kappa shape index (κ1) is 15.5. The zero-order valence-electron chi connectivity index (χ0n) is 12.9. The van der Waals surface area contributed by atoms with Gasteiger partial charge in [-0.05, 0) is 28.6 Å². The smallest absolute Gasteiger partial charge is 0.214 e. The Kier molecular flexibility index (Phi) is 4.26. The molecule has 25 heavy (non-hydrogen) atoms. The highest BCUT2D eigenvalue weighted by atomic mass is 32.2. The van der Waals surface area contributed by atoms with Crippen LogP contribution in [0.25, 0.3) is 17.0 Å². The maximum absolute atomic E-state index is 13.4. The fourth-order valence-corrected chi connectivity index (χ4v) is 3.07. The van der Waals surface area contributed by atoms with E-state index in [0.717, 1.165) is 11.3 Å². The number of nitrogens with zero attached hydrogens (tertiary/aromatic N) is 5. The topological polar surface area (TPSA) is 69.6 Å². The molecule has 6 nitrogen and oxygen atoms in total. The van der Waals surface area contributed by atoms with Crippen LogP contribution in [-0.4, -0.2) is 25.4 Å². The summed E-state index contributed by atoms with van der Waals surface area (Å²) in [5.41, 5.74) is 2.31. The number of halogens is 1. The van der Waals surface area contributed by atoms with Crippen LogP contribution in [0.4, 0.5) is 4.39 Å². The van der Waals surface area contributed by atoms with Gasteiger partial charge >= 0.3 is 0 Å². The second-order valence-electron chi connectivity index (χ2n) is 5.19. The molecule has 0 aliphatic rings. The lowest BCUT2D eigenvalue weighted by atomic mass is 10.2. The highest BCUT2D eigenvalue weighted by Crippen LogP contribution is 2.25. The van der Waals surface area contributed by atoms with Crippen LogP contribution in [0.2, 0.25) is 0 Å². The summed E-state index contributed by atoms with van der Waals surface area (Å²) in [6.45, 7) is 0.